The van der Waals surface area contributed by atoms with Crippen LogP contribution in [0.1, 0.15) is 136 Å². The number of carbonyl (C=O) groups is 1. The number of carbonyl (C=O) groups excluding carboxylic acids is 1. The van der Waals surface area contributed by atoms with Crippen molar-refractivity contribution in [3.63, 3.8) is 0 Å². The van der Waals surface area contributed by atoms with E-state index in [-0.39, 0.29) is 19.6 Å². The Morgan fingerprint density at radius 3 is 1.93 bits per heavy atom. The molecule has 0 aromatic heterocycles. The van der Waals surface area contributed by atoms with Gasteiger partial charge in [0.2, 0.25) is 5.91 Å². The van der Waals surface area contributed by atoms with E-state index in [1.54, 1.807) is 6.08 Å². The molecule has 1 amide bonds. The monoisotopic (exact) mass is 670 g/mol. The lowest BCUT2D eigenvalue weighted by molar-refractivity contribution is -0.124. The molecule has 9 nitrogen and oxygen atoms in total. The van der Waals surface area contributed by atoms with Gasteiger partial charge in [-0.15, -0.1) is 0 Å². The molecule has 0 aromatic carbocycles. The maximum absolute atomic E-state index is 12.7. The fourth-order valence-corrected chi connectivity index (χ4v) is 5.55. The predicted octanol–water partition coefficient (Wildman–Crippen LogP) is 7.96. The molecule has 0 fully saturated rings. The van der Waals surface area contributed by atoms with Crippen molar-refractivity contribution in [2.45, 2.75) is 154 Å². The van der Waals surface area contributed by atoms with Crippen LogP contribution in [0.4, 0.5) is 0 Å². The molecule has 0 aliphatic heterocycles. The van der Waals surface area contributed by atoms with Crippen molar-refractivity contribution >= 4 is 13.7 Å². The van der Waals surface area contributed by atoms with Crippen LogP contribution in [0.2, 0.25) is 0 Å². The molecule has 0 aromatic rings. The van der Waals surface area contributed by atoms with Crippen LogP contribution in [-0.4, -0.2) is 59.0 Å². The number of unbranched alkanes of at least 4 members (excludes halogenated alkanes) is 13. The van der Waals surface area contributed by atoms with Crippen molar-refractivity contribution in [2.24, 2.45) is 5.73 Å². The summed E-state index contributed by atoms with van der Waals surface area (Å²) in [6.45, 7) is 3.66. The van der Waals surface area contributed by atoms with Gasteiger partial charge in [0, 0.05) is 6.54 Å². The molecule has 0 saturated carbocycles. The second kappa shape index (κ2) is 32.0. The zero-order valence-corrected chi connectivity index (χ0v) is 29.8. The number of nitrogens with two attached hydrogens (primary N) is 1. The summed E-state index contributed by atoms with van der Waals surface area (Å²) in [6, 6.07) is -1.01. The molecule has 0 bridgehead atoms. The summed E-state index contributed by atoms with van der Waals surface area (Å²) in [5, 5.41) is 23.8. The number of amides is 1. The second-order valence-electron chi connectivity index (χ2n) is 11.9. The van der Waals surface area contributed by atoms with Gasteiger partial charge < -0.3 is 26.2 Å². The van der Waals surface area contributed by atoms with E-state index in [0.29, 0.717) is 12.8 Å². The summed E-state index contributed by atoms with van der Waals surface area (Å²) >= 11 is 0. The first-order chi connectivity index (χ1) is 22.3. The molecule has 0 heterocycles. The maximum atomic E-state index is 12.7. The number of hydrogen-bond acceptors (Lipinski definition) is 7. The average Bonchev–Trinajstić information content (AvgIpc) is 3.03. The third-order valence-electron chi connectivity index (χ3n) is 7.50. The molecular weight excluding hydrogens is 603 g/mol. The molecular formula is C36H67N2O7P. The van der Waals surface area contributed by atoms with Gasteiger partial charge in [-0.3, -0.25) is 13.8 Å². The third-order valence-corrected chi connectivity index (χ3v) is 8.49. The molecule has 6 N–H and O–H groups in total. The number of aliphatic hydroxyl groups excluding tert-OH is 2. The molecule has 0 saturated heterocycles. The number of phosphoric acid groups is 1. The highest BCUT2D eigenvalue weighted by Gasteiger charge is 2.27. The van der Waals surface area contributed by atoms with E-state index in [2.05, 4.69) is 42.6 Å². The molecule has 4 atom stereocenters. The maximum Gasteiger partial charge on any atom is 0.472 e. The lowest BCUT2D eigenvalue weighted by atomic mass is 10.0. The lowest BCUT2D eigenvalue weighted by Crippen LogP contribution is -2.46. The molecule has 0 rings (SSSR count). The zero-order valence-electron chi connectivity index (χ0n) is 28.9. The quantitative estimate of drug-likeness (QED) is 0.0275. The number of hydrogen-bond donors (Lipinski definition) is 5. The highest BCUT2D eigenvalue weighted by molar-refractivity contribution is 7.47. The van der Waals surface area contributed by atoms with E-state index in [1.165, 1.54) is 57.4 Å². The van der Waals surface area contributed by atoms with Crippen LogP contribution >= 0.6 is 7.82 Å². The zero-order chi connectivity index (χ0) is 34.1. The van der Waals surface area contributed by atoms with Crippen molar-refractivity contribution in [3.05, 3.63) is 48.6 Å². The van der Waals surface area contributed by atoms with Gasteiger partial charge >= 0.3 is 7.82 Å². The Kier molecular flexibility index (Phi) is 30.9. The molecule has 268 valence electrons. The number of nitrogens with one attached hydrogen (secondary N) is 1. The van der Waals surface area contributed by atoms with Gasteiger partial charge in [0.05, 0.1) is 37.9 Å². The average molecular weight is 671 g/mol. The number of rotatable bonds is 32. The van der Waals surface area contributed by atoms with E-state index in [0.717, 1.165) is 51.4 Å². The minimum Gasteiger partial charge on any atom is -0.393 e. The van der Waals surface area contributed by atoms with Gasteiger partial charge in [0.15, 0.2) is 0 Å². The Hall–Kier alpha value is -1.58. The number of phosphoric ester groups is 1. The normalized spacial score (nSPS) is 15.7. The van der Waals surface area contributed by atoms with Crippen molar-refractivity contribution in [1.29, 1.82) is 0 Å². The topological polar surface area (TPSA) is 151 Å². The van der Waals surface area contributed by atoms with Crippen LogP contribution in [0.25, 0.3) is 0 Å². The number of aliphatic hydroxyl groups is 2. The van der Waals surface area contributed by atoms with Crippen LogP contribution in [0, 0.1) is 0 Å². The van der Waals surface area contributed by atoms with Gasteiger partial charge in [0.1, 0.15) is 0 Å². The molecule has 4 unspecified atom stereocenters. The van der Waals surface area contributed by atoms with Gasteiger partial charge in [-0.2, -0.15) is 0 Å². The van der Waals surface area contributed by atoms with Crippen LogP contribution in [0.15, 0.2) is 48.6 Å². The summed E-state index contributed by atoms with van der Waals surface area (Å²) in [6.07, 6.45) is 33.7. The highest BCUT2D eigenvalue weighted by atomic mass is 31.2. The van der Waals surface area contributed by atoms with Gasteiger partial charge in [0.25, 0.3) is 0 Å². The van der Waals surface area contributed by atoms with Crippen LogP contribution in [-0.2, 0) is 18.4 Å². The highest BCUT2D eigenvalue weighted by Crippen LogP contribution is 2.43. The molecule has 10 heteroatoms. The largest absolute Gasteiger partial charge is 0.472 e. The Balaban J connectivity index is 4.45. The first kappa shape index (κ1) is 44.4. The second-order valence-corrected chi connectivity index (χ2v) is 13.4. The van der Waals surface area contributed by atoms with Crippen molar-refractivity contribution in [3.8, 4) is 0 Å². The van der Waals surface area contributed by atoms with E-state index in [9.17, 15) is 24.5 Å². The Morgan fingerprint density at radius 2 is 1.33 bits per heavy atom. The Bertz CT molecular complexity index is 878. The summed E-state index contributed by atoms with van der Waals surface area (Å²) in [7, 11) is -4.40. The first-order valence-electron chi connectivity index (χ1n) is 17.8. The van der Waals surface area contributed by atoms with E-state index in [1.807, 2.05) is 13.0 Å². The minimum atomic E-state index is -4.40. The van der Waals surface area contributed by atoms with E-state index >= 15 is 0 Å². The van der Waals surface area contributed by atoms with Crippen molar-refractivity contribution in [2.75, 3.05) is 19.8 Å². The van der Waals surface area contributed by atoms with Crippen LogP contribution in [0.5, 0.6) is 0 Å². The van der Waals surface area contributed by atoms with E-state index < -0.39 is 38.6 Å². The predicted molar refractivity (Wildman–Crippen MR) is 190 cm³/mol. The molecule has 0 aliphatic rings. The van der Waals surface area contributed by atoms with Gasteiger partial charge in [-0.25, -0.2) is 4.57 Å². The van der Waals surface area contributed by atoms with Crippen LogP contribution < -0.4 is 11.1 Å². The number of allylic oxidation sites excluding steroid dienone is 7. The molecule has 46 heavy (non-hydrogen) atoms. The Labute approximate surface area is 280 Å². The summed E-state index contributed by atoms with van der Waals surface area (Å²) in [5.74, 6) is -0.471. The van der Waals surface area contributed by atoms with E-state index in [4.69, 9.17) is 14.8 Å². The summed E-state index contributed by atoms with van der Waals surface area (Å²) in [4.78, 5) is 22.5. The standard InChI is InChI=1S/C36H67N2O7P/c1-3-5-7-9-11-13-14-15-16-17-18-20-21-23-25-27-33(39)31-36(41)38-34(32-45-46(42,43)44-30-29-37)35(40)28-26-24-22-19-12-10-8-6-4-2/h4,6,12,15-16,19,26,28,33-35,39-40H,3,5,7-11,13-14,17-18,20-25,27,29-32,37H2,1-2H3,(H,38,41)(H,42,43)/b6-4+,16-15-,19-12+,28-26+. The fourth-order valence-electron chi connectivity index (χ4n) is 4.79. The fraction of sp³-hybridized carbons (Fsp3) is 0.750. The Morgan fingerprint density at radius 1 is 0.783 bits per heavy atom. The molecule has 0 aliphatic carbocycles. The van der Waals surface area contributed by atoms with Crippen molar-refractivity contribution < 1.29 is 33.5 Å². The minimum absolute atomic E-state index is 0.0395. The molecule has 0 radical (unpaired) electrons. The van der Waals surface area contributed by atoms with Gasteiger partial charge in [-0.1, -0.05) is 113 Å². The van der Waals surface area contributed by atoms with Crippen molar-refractivity contribution in [1.82, 2.24) is 5.32 Å². The summed E-state index contributed by atoms with van der Waals surface area (Å²) in [5.41, 5.74) is 5.32. The smallest absolute Gasteiger partial charge is 0.393 e. The van der Waals surface area contributed by atoms with Crippen LogP contribution in [0.3, 0.4) is 0 Å². The first-order valence-corrected chi connectivity index (χ1v) is 19.3. The summed E-state index contributed by atoms with van der Waals surface area (Å²) < 4.78 is 21.9. The lowest BCUT2D eigenvalue weighted by Gasteiger charge is -2.24. The van der Waals surface area contributed by atoms with Gasteiger partial charge in [-0.05, 0) is 64.7 Å². The third kappa shape index (κ3) is 29.8. The molecule has 0 spiro atoms. The SMILES string of the molecule is C/C=C/CC/C=C/CC/C=C/C(O)C(COP(=O)(O)OCCN)NC(=O)CC(O)CCCCCCC/C=C\CCCCCCCC.